The predicted molar refractivity (Wildman–Crippen MR) is 106 cm³/mol. The molecule has 0 saturated carbocycles. The number of hydrogen-bond acceptors (Lipinski definition) is 7. The van der Waals surface area contributed by atoms with Crippen LogP contribution in [0.25, 0.3) is 11.3 Å². The first-order valence-corrected chi connectivity index (χ1v) is 9.81. The molecular weight excluding hydrogens is 398 g/mol. The monoisotopic (exact) mass is 413 g/mol. The number of benzene rings is 2. The normalized spacial score (nSPS) is 10.9. The summed E-state index contributed by atoms with van der Waals surface area (Å²) < 4.78 is 12.4. The third-order valence-electron chi connectivity index (χ3n) is 4.03. The summed E-state index contributed by atoms with van der Waals surface area (Å²) in [6.07, 6.45) is 0. The molecular formula is C19H16ClN5O2S. The molecule has 2 heterocycles. The molecule has 0 atom stereocenters. The Hall–Kier alpha value is -2.84. The number of tetrazole rings is 1. The van der Waals surface area contributed by atoms with Gasteiger partial charge in [0.15, 0.2) is 0 Å². The molecule has 0 saturated heterocycles. The van der Waals surface area contributed by atoms with Crippen molar-refractivity contribution in [3.8, 4) is 17.0 Å². The van der Waals surface area contributed by atoms with Crippen molar-refractivity contribution in [3.05, 3.63) is 70.9 Å². The number of aromatic nitrogens is 5. The van der Waals surface area contributed by atoms with Crippen molar-refractivity contribution >= 4 is 23.4 Å². The maximum absolute atomic E-state index is 5.92. The number of nitrogens with zero attached hydrogens (tertiary/aromatic N) is 5. The first kappa shape index (κ1) is 18.5. The average molecular weight is 414 g/mol. The van der Waals surface area contributed by atoms with Gasteiger partial charge in [0.05, 0.1) is 19.4 Å². The Morgan fingerprint density at radius 2 is 1.89 bits per heavy atom. The first-order valence-electron chi connectivity index (χ1n) is 8.45. The van der Waals surface area contributed by atoms with E-state index < -0.39 is 0 Å². The molecule has 2 aromatic heterocycles. The molecule has 0 aliphatic heterocycles. The Morgan fingerprint density at radius 1 is 1.11 bits per heavy atom. The fourth-order valence-electron chi connectivity index (χ4n) is 2.58. The van der Waals surface area contributed by atoms with Crippen LogP contribution in [0.1, 0.15) is 11.3 Å². The van der Waals surface area contributed by atoms with E-state index in [4.69, 9.17) is 20.9 Å². The minimum absolute atomic E-state index is 0.573. The van der Waals surface area contributed by atoms with Crippen LogP contribution in [-0.2, 0) is 12.3 Å². The third-order valence-corrected chi connectivity index (χ3v) is 5.26. The minimum atomic E-state index is 0.573. The summed E-state index contributed by atoms with van der Waals surface area (Å²) in [6.45, 7) is 0.575. The van der Waals surface area contributed by atoms with E-state index in [0.29, 0.717) is 22.5 Å². The van der Waals surface area contributed by atoms with Crippen molar-refractivity contribution in [2.45, 2.75) is 17.5 Å². The van der Waals surface area contributed by atoms with E-state index in [1.807, 2.05) is 54.6 Å². The molecule has 0 amide bonds. The van der Waals surface area contributed by atoms with Crippen LogP contribution in [0.15, 0.2) is 64.3 Å². The van der Waals surface area contributed by atoms with Crippen molar-refractivity contribution < 1.29 is 9.26 Å². The molecule has 0 bridgehead atoms. The zero-order valence-electron chi connectivity index (χ0n) is 14.9. The first-order chi connectivity index (χ1) is 13.7. The highest BCUT2D eigenvalue weighted by Crippen LogP contribution is 2.25. The van der Waals surface area contributed by atoms with Gasteiger partial charge in [-0.15, -0.1) is 5.10 Å². The number of halogens is 1. The zero-order valence-corrected chi connectivity index (χ0v) is 16.5. The zero-order chi connectivity index (χ0) is 19.3. The lowest BCUT2D eigenvalue weighted by Crippen LogP contribution is -2.03. The molecule has 0 N–H and O–H groups in total. The van der Waals surface area contributed by atoms with Gasteiger partial charge in [0.2, 0.25) is 5.16 Å². The highest BCUT2D eigenvalue weighted by Gasteiger charge is 2.12. The van der Waals surface area contributed by atoms with Gasteiger partial charge in [0.1, 0.15) is 17.2 Å². The summed E-state index contributed by atoms with van der Waals surface area (Å²) in [5.74, 6) is 2.13. The SMILES string of the molecule is COc1ccc(Cn2nnnc2SCc2cc(-c3ccc(Cl)cc3)no2)cc1. The van der Waals surface area contributed by atoms with Gasteiger partial charge in [-0.2, -0.15) is 0 Å². The van der Waals surface area contributed by atoms with E-state index in [-0.39, 0.29) is 0 Å². The Kier molecular flexibility index (Phi) is 5.59. The van der Waals surface area contributed by atoms with Crippen molar-refractivity contribution in [3.63, 3.8) is 0 Å². The predicted octanol–water partition coefficient (Wildman–Crippen LogP) is 4.33. The lowest BCUT2D eigenvalue weighted by Gasteiger charge is -2.05. The molecule has 0 unspecified atom stereocenters. The second kappa shape index (κ2) is 8.45. The van der Waals surface area contributed by atoms with Gasteiger partial charge in [0.25, 0.3) is 0 Å². The molecule has 4 aromatic rings. The summed E-state index contributed by atoms with van der Waals surface area (Å²) in [5.41, 5.74) is 2.80. The lowest BCUT2D eigenvalue weighted by molar-refractivity contribution is 0.397. The van der Waals surface area contributed by atoms with E-state index in [1.165, 1.54) is 11.8 Å². The number of ether oxygens (including phenoxy) is 1. The highest BCUT2D eigenvalue weighted by atomic mass is 35.5. The molecule has 28 heavy (non-hydrogen) atoms. The number of rotatable bonds is 7. The maximum Gasteiger partial charge on any atom is 0.210 e. The van der Waals surface area contributed by atoms with Crippen LogP contribution >= 0.6 is 23.4 Å². The van der Waals surface area contributed by atoms with Crippen LogP contribution in [0.2, 0.25) is 5.02 Å². The van der Waals surface area contributed by atoms with Crippen molar-refractivity contribution in [2.24, 2.45) is 0 Å². The topological polar surface area (TPSA) is 78.9 Å². The van der Waals surface area contributed by atoms with Gasteiger partial charge in [-0.3, -0.25) is 0 Å². The second-order valence-electron chi connectivity index (χ2n) is 5.94. The molecule has 142 valence electrons. The molecule has 0 aliphatic rings. The minimum Gasteiger partial charge on any atom is -0.497 e. The Labute approximate surface area is 170 Å². The average Bonchev–Trinajstić information content (AvgIpc) is 3.37. The fourth-order valence-corrected chi connectivity index (χ4v) is 3.45. The van der Waals surface area contributed by atoms with Crippen LogP contribution in [0.3, 0.4) is 0 Å². The standard InChI is InChI=1S/C19H16ClN5O2S/c1-26-16-8-2-13(3-9-16)11-25-19(21-23-24-25)28-12-17-10-18(22-27-17)14-4-6-15(20)7-5-14/h2-10H,11-12H2,1H3. The second-order valence-corrected chi connectivity index (χ2v) is 7.32. The number of thioether (sulfide) groups is 1. The van der Waals surface area contributed by atoms with Crippen molar-refractivity contribution in [1.29, 1.82) is 0 Å². The molecule has 0 aliphatic carbocycles. The molecule has 0 fully saturated rings. The van der Waals surface area contributed by atoms with Crippen molar-refractivity contribution in [2.75, 3.05) is 7.11 Å². The molecule has 0 radical (unpaired) electrons. The van der Waals surface area contributed by atoms with E-state index in [9.17, 15) is 0 Å². The number of methoxy groups -OCH3 is 1. The summed E-state index contributed by atoms with van der Waals surface area (Å²) >= 11 is 7.42. The van der Waals surface area contributed by atoms with Gasteiger partial charge in [-0.25, -0.2) is 4.68 Å². The Bertz CT molecular complexity index is 1050. The molecule has 0 spiro atoms. The molecule has 4 rings (SSSR count). The van der Waals surface area contributed by atoms with Gasteiger partial charge in [-0.05, 0) is 40.3 Å². The molecule has 2 aromatic carbocycles. The van der Waals surface area contributed by atoms with Gasteiger partial charge in [-0.1, -0.05) is 52.8 Å². The molecule has 7 nitrogen and oxygen atoms in total. The Morgan fingerprint density at radius 3 is 2.64 bits per heavy atom. The van der Waals surface area contributed by atoms with Crippen LogP contribution in [-0.4, -0.2) is 32.5 Å². The van der Waals surface area contributed by atoms with Crippen LogP contribution in [0, 0.1) is 0 Å². The largest absolute Gasteiger partial charge is 0.497 e. The van der Waals surface area contributed by atoms with Crippen LogP contribution in [0.5, 0.6) is 5.75 Å². The highest BCUT2D eigenvalue weighted by molar-refractivity contribution is 7.98. The van der Waals surface area contributed by atoms with Gasteiger partial charge < -0.3 is 9.26 Å². The van der Waals surface area contributed by atoms with E-state index >= 15 is 0 Å². The smallest absolute Gasteiger partial charge is 0.210 e. The summed E-state index contributed by atoms with van der Waals surface area (Å²) in [5, 5.41) is 17.5. The van der Waals surface area contributed by atoms with E-state index in [2.05, 4.69) is 20.7 Å². The quantitative estimate of drug-likeness (QED) is 0.417. The lowest BCUT2D eigenvalue weighted by atomic mass is 10.1. The third kappa shape index (κ3) is 4.35. The number of hydrogen-bond donors (Lipinski definition) is 0. The van der Waals surface area contributed by atoms with Crippen LogP contribution in [0.4, 0.5) is 0 Å². The van der Waals surface area contributed by atoms with Crippen LogP contribution < -0.4 is 4.74 Å². The maximum atomic E-state index is 5.92. The summed E-state index contributed by atoms with van der Waals surface area (Å²) in [7, 11) is 1.65. The van der Waals surface area contributed by atoms with Gasteiger partial charge in [0, 0.05) is 16.7 Å². The van der Waals surface area contributed by atoms with E-state index in [0.717, 1.165) is 28.3 Å². The van der Waals surface area contributed by atoms with Gasteiger partial charge >= 0.3 is 0 Å². The van der Waals surface area contributed by atoms with Crippen molar-refractivity contribution in [1.82, 2.24) is 25.4 Å². The molecule has 9 heteroatoms. The summed E-state index contributed by atoms with van der Waals surface area (Å²) in [4.78, 5) is 0. The van der Waals surface area contributed by atoms with E-state index in [1.54, 1.807) is 11.8 Å². The Balaban J connectivity index is 1.40. The fraction of sp³-hybridized carbons (Fsp3) is 0.158. The summed E-state index contributed by atoms with van der Waals surface area (Å²) in [6, 6.07) is 17.2.